The molecule has 0 aliphatic heterocycles. The van der Waals surface area contributed by atoms with E-state index in [4.69, 9.17) is 4.74 Å². The molecule has 6 nitrogen and oxygen atoms in total. The topological polar surface area (TPSA) is 84.5 Å². The zero-order valence-electron chi connectivity index (χ0n) is 13.5. The molecule has 0 saturated heterocycles. The van der Waals surface area contributed by atoms with Gasteiger partial charge in [0.15, 0.2) is 0 Å². The number of para-hydroxylation sites is 1. The van der Waals surface area contributed by atoms with Crippen molar-refractivity contribution < 1.29 is 19.1 Å². The lowest BCUT2D eigenvalue weighted by Gasteiger charge is -2.16. The molecule has 2 N–H and O–H groups in total. The highest BCUT2D eigenvalue weighted by Crippen LogP contribution is 2.47. The minimum absolute atomic E-state index is 0.245. The highest BCUT2D eigenvalue weighted by molar-refractivity contribution is 6.14. The van der Waals surface area contributed by atoms with Crippen LogP contribution >= 0.6 is 0 Å². The average molecular weight is 318 g/mol. The van der Waals surface area contributed by atoms with E-state index in [-0.39, 0.29) is 24.0 Å². The summed E-state index contributed by atoms with van der Waals surface area (Å²) in [6, 6.07) is 6.63. The quantitative estimate of drug-likeness (QED) is 0.595. The van der Waals surface area contributed by atoms with Gasteiger partial charge in [-0.3, -0.25) is 9.59 Å². The number of benzene rings is 1. The van der Waals surface area contributed by atoms with E-state index in [0.29, 0.717) is 25.1 Å². The molecule has 124 valence electrons. The Morgan fingerprint density at radius 2 is 1.83 bits per heavy atom. The minimum Gasteiger partial charge on any atom is -0.462 e. The maximum absolute atomic E-state index is 12.5. The van der Waals surface area contributed by atoms with Crippen LogP contribution in [0.1, 0.15) is 43.5 Å². The monoisotopic (exact) mass is 318 g/mol. The first-order valence-electron chi connectivity index (χ1n) is 7.91. The highest BCUT2D eigenvalue weighted by Gasteiger charge is 2.56. The Morgan fingerprint density at radius 1 is 1.13 bits per heavy atom. The molecule has 0 radical (unpaired) electrons. The summed E-state index contributed by atoms with van der Waals surface area (Å²) in [6.07, 6.45) is 1.86. The smallest absolute Gasteiger partial charge is 0.340 e. The standard InChI is InChI=1S/C17H22N2O4/c1-3-11-18-15(21)17(9-10-17)16(22)19-13-8-6-5-7-12(13)14(20)23-4-2/h5-8H,3-4,9-11H2,1-2H3,(H,18,21)(H,19,22). The van der Waals surface area contributed by atoms with Gasteiger partial charge in [-0.05, 0) is 38.3 Å². The Bertz CT molecular complexity index is 608. The van der Waals surface area contributed by atoms with Crippen molar-refractivity contribution in [2.45, 2.75) is 33.1 Å². The summed E-state index contributed by atoms with van der Waals surface area (Å²) < 4.78 is 4.98. The Labute approximate surface area is 135 Å². The summed E-state index contributed by atoms with van der Waals surface area (Å²) in [5.74, 6) is -1.11. The first kappa shape index (κ1) is 17.0. The summed E-state index contributed by atoms with van der Waals surface area (Å²) >= 11 is 0. The lowest BCUT2D eigenvalue weighted by Crippen LogP contribution is -2.40. The summed E-state index contributed by atoms with van der Waals surface area (Å²) in [7, 11) is 0. The molecule has 1 aromatic rings. The molecule has 0 unspecified atom stereocenters. The van der Waals surface area contributed by atoms with Crippen LogP contribution in [0.2, 0.25) is 0 Å². The zero-order chi connectivity index (χ0) is 16.9. The second kappa shape index (κ2) is 7.26. The number of hydrogen-bond donors (Lipinski definition) is 2. The average Bonchev–Trinajstić information content (AvgIpc) is 3.35. The van der Waals surface area contributed by atoms with Crippen LogP contribution in [-0.4, -0.2) is 30.9 Å². The molecule has 0 spiro atoms. The number of anilines is 1. The molecule has 2 amide bonds. The summed E-state index contributed by atoms with van der Waals surface area (Å²) in [5, 5.41) is 5.48. The summed E-state index contributed by atoms with van der Waals surface area (Å²) in [6.45, 7) is 4.48. The van der Waals surface area contributed by atoms with Crippen molar-refractivity contribution in [2.24, 2.45) is 5.41 Å². The molecular formula is C17H22N2O4. The number of nitrogens with one attached hydrogen (secondary N) is 2. The van der Waals surface area contributed by atoms with Gasteiger partial charge in [-0.2, -0.15) is 0 Å². The van der Waals surface area contributed by atoms with E-state index in [9.17, 15) is 14.4 Å². The fourth-order valence-electron chi connectivity index (χ4n) is 2.31. The number of carbonyl (C=O) groups excluding carboxylic acids is 3. The number of hydrogen-bond acceptors (Lipinski definition) is 4. The summed E-state index contributed by atoms with van der Waals surface area (Å²) in [4.78, 5) is 36.6. The van der Waals surface area contributed by atoms with Crippen molar-refractivity contribution in [2.75, 3.05) is 18.5 Å². The van der Waals surface area contributed by atoms with Crippen LogP contribution < -0.4 is 10.6 Å². The normalized spacial score (nSPS) is 14.7. The van der Waals surface area contributed by atoms with Gasteiger partial charge < -0.3 is 15.4 Å². The molecule has 0 aromatic heterocycles. The van der Waals surface area contributed by atoms with E-state index in [2.05, 4.69) is 10.6 Å². The third-order valence-electron chi connectivity index (χ3n) is 3.83. The Hall–Kier alpha value is -2.37. The first-order chi connectivity index (χ1) is 11.0. The Morgan fingerprint density at radius 3 is 2.43 bits per heavy atom. The largest absolute Gasteiger partial charge is 0.462 e. The molecule has 1 fully saturated rings. The third kappa shape index (κ3) is 3.70. The molecule has 0 atom stereocenters. The van der Waals surface area contributed by atoms with Crippen molar-refractivity contribution in [1.29, 1.82) is 0 Å². The fourth-order valence-corrected chi connectivity index (χ4v) is 2.31. The van der Waals surface area contributed by atoms with Gasteiger partial charge in [0.05, 0.1) is 17.9 Å². The van der Waals surface area contributed by atoms with Crippen LogP contribution in [0.4, 0.5) is 5.69 Å². The molecule has 1 saturated carbocycles. The van der Waals surface area contributed by atoms with Crippen molar-refractivity contribution >= 4 is 23.5 Å². The molecular weight excluding hydrogens is 296 g/mol. The van der Waals surface area contributed by atoms with Crippen molar-refractivity contribution in [1.82, 2.24) is 5.32 Å². The Kier molecular flexibility index (Phi) is 5.36. The van der Waals surface area contributed by atoms with E-state index in [1.54, 1.807) is 31.2 Å². The van der Waals surface area contributed by atoms with Crippen LogP contribution in [0.3, 0.4) is 0 Å². The van der Waals surface area contributed by atoms with Crippen molar-refractivity contribution in [3.63, 3.8) is 0 Å². The van der Waals surface area contributed by atoms with Crippen LogP contribution in [0.5, 0.6) is 0 Å². The molecule has 1 aliphatic rings. The lowest BCUT2D eigenvalue weighted by molar-refractivity contribution is -0.134. The SMILES string of the molecule is CCCNC(=O)C1(C(=O)Nc2ccccc2C(=O)OCC)CC1. The number of rotatable bonds is 7. The van der Waals surface area contributed by atoms with Gasteiger partial charge in [-0.1, -0.05) is 19.1 Å². The second-order valence-electron chi connectivity index (χ2n) is 5.56. The van der Waals surface area contributed by atoms with Crippen molar-refractivity contribution in [3.8, 4) is 0 Å². The minimum atomic E-state index is -1.00. The van der Waals surface area contributed by atoms with Crippen LogP contribution in [0, 0.1) is 5.41 Å². The van der Waals surface area contributed by atoms with Crippen molar-refractivity contribution in [3.05, 3.63) is 29.8 Å². The van der Waals surface area contributed by atoms with E-state index in [1.807, 2.05) is 6.92 Å². The molecule has 1 aliphatic carbocycles. The number of ether oxygens (including phenoxy) is 1. The van der Waals surface area contributed by atoms with Gasteiger partial charge in [0.1, 0.15) is 5.41 Å². The van der Waals surface area contributed by atoms with E-state index < -0.39 is 11.4 Å². The summed E-state index contributed by atoms with van der Waals surface area (Å²) in [5.41, 5.74) is -0.352. The number of carbonyl (C=O) groups is 3. The highest BCUT2D eigenvalue weighted by atomic mass is 16.5. The van der Waals surface area contributed by atoms with Gasteiger partial charge in [-0.15, -0.1) is 0 Å². The van der Waals surface area contributed by atoms with E-state index in [1.165, 1.54) is 0 Å². The lowest BCUT2D eigenvalue weighted by atomic mass is 10.0. The molecule has 23 heavy (non-hydrogen) atoms. The van der Waals surface area contributed by atoms with Crippen LogP contribution in [0.15, 0.2) is 24.3 Å². The predicted molar refractivity (Wildman–Crippen MR) is 86.0 cm³/mol. The van der Waals surface area contributed by atoms with Gasteiger partial charge >= 0.3 is 5.97 Å². The second-order valence-corrected chi connectivity index (χ2v) is 5.56. The molecule has 0 heterocycles. The van der Waals surface area contributed by atoms with Crippen LogP contribution in [-0.2, 0) is 14.3 Å². The Balaban J connectivity index is 2.12. The maximum atomic E-state index is 12.5. The fraction of sp³-hybridized carbons (Fsp3) is 0.471. The predicted octanol–water partition coefficient (Wildman–Crippen LogP) is 2.11. The van der Waals surface area contributed by atoms with Gasteiger partial charge in [-0.25, -0.2) is 4.79 Å². The van der Waals surface area contributed by atoms with Gasteiger partial charge in [0.25, 0.3) is 0 Å². The van der Waals surface area contributed by atoms with E-state index in [0.717, 1.165) is 6.42 Å². The number of esters is 1. The van der Waals surface area contributed by atoms with Crippen LogP contribution in [0.25, 0.3) is 0 Å². The molecule has 6 heteroatoms. The van der Waals surface area contributed by atoms with Gasteiger partial charge in [0.2, 0.25) is 11.8 Å². The zero-order valence-corrected chi connectivity index (χ0v) is 13.5. The maximum Gasteiger partial charge on any atom is 0.340 e. The number of amides is 2. The van der Waals surface area contributed by atoms with E-state index >= 15 is 0 Å². The molecule has 0 bridgehead atoms. The van der Waals surface area contributed by atoms with Gasteiger partial charge in [0, 0.05) is 6.54 Å². The first-order valence-corrected chi connectivity index (χ1v) is 7.91. The third-order valence-corrected chi connectivity index (χ3v) is 3.83. The molecule has 1 aromatic carbocycles. The molecule has 2 rings (SSSR count).